The van der Waals surface area contributed by atoms with Crippen molar-refractivity contribution in [1.82, 2.24) is 20.6 Å². The van der Waals surface area contributed by atoms with Crippen molar-refractivity contribution in [2.45, 2.75) is 162 Å². The minimum absolute atomic E-state index is 0.654. The van der Waals surface area contributed by atoms with E-state index in [9.17, 15) is 0 Å². The van der Waals surface area contributed by atoms with Crippen LogP contribution in [0, 0.1) is 47.3 Å². The molecule has 5 rings (SSSR count). The Labute approximate surface area is 238 Å². The van der Waals surface area contributed by atoms with E-state index in [0.29, 0.717) is 48.3 Å². The standard InChI is InChI=1S/C33H63N4P/c1-9-21-18(6)26-14-30-24(12-4)25(13-5)31(36-30)17-33-23(11-3)20(8)32(37(33)38)16-27-19(7)22(10-2)29(35-27)15-28(21)34-26/h18-36H,9-17,38H2,1-8H3. The second-order valence-corrected chi connectivity index (χ2v) is 15.2. The smallest absolute Gasteiger partial charge is 0.0179 e. The highest BCUT2D eigenvalue weighted by molar-refractivity contribution is 7.13. The number of rotatable bonds is 5. The molecule has 0 aromatic carbocycles. The third-order valence-electron chi connectivity index (χ3n) is 13.4. The summed E-state index contributed by atoms with van der Waals surface area (Å²) in [7, 11) is 3.28. The zero-order valence-electron chi connectivity index (χ0n) is 26.1. The molecule has 5 heteroatoms. The highest BCUT2D eigenvalue weighted by Crippen LogP contribution is 2.48. The molecule has 5 aliphatic heterocycles. The van der Waals surface area contributed by atoms with Crippen LogP contribution in [0.3, 0.4) is 0 Å². The van der Waals surface area contributed by atoms with Gasteiger partial charge in [-0.25, -0.2) is 0 Å². The second-order valence-electron chi connectivity index (χ2n) is 14.6. The van der Waals surface area contributed by atoms with E-state index < -0.39 is 0 Å². The fourth-order valence-corrected chi connectivity index (χ4v) is 12.0. The van der Waals surface area contributed by atoms with Gasteiger partial charge in [-0.3, -0.25) is 4.67 Å². The van der Waals surface area contributed by atoms with Crippen LogP contribution in [0.4, 0.5) is 0 Å². The van der Waals surface area contributed by atoms with Gasteiger partial charge in [-0.1, -0.05) is 96.9 Å². The zero-order valence-corrected chi connectivity index (χ0v) is 27.3. The molecule has 5 fully saturated rings. The summed E-state index contributed by atoms with van der Waals surface area (Å²) < 4.78 is 2.80. The van der Waals surface area contributed by atoms with Crippen molar-refractivity contribution in [2.75, 3.05) is 0 Å². The van der Waals surface area contributed by atoms with E-state index in [-0.39, 0.29) is 0 Å². The van der Waals surface area contributed by atoms with Crippen molar-refractivity contribution in [1.29, 1.82) is 0 Å². The van der Waals surface area contributed by atoms with Gasteiger partial charge in [0.2, 0.25) is 0 Å². The molecule has 0 aromatic rings. The molecule has 38 heavy (non-hydrogen) atoms. The van der Waals surface area contributed by atoms with Crippen molar-refractivity contribution in [2.24, 2.45) is 47.3 Å². The fourth-order valence-electron chi connectivity index (χ4n) is 11.3. The van der Waals surface area contributed by atoms with Crippen LogP contribution in [-0.2, 0) is 0 Å². The van der Waals surface area contributed by atoms with Gasteiger partial charge < -0.3 is 16.0 Å². The molecule has 8 bridgehead atoms. The molecule has 220 valence electrons. The normalized spacial score (nSPS) is 53.6. The maximum atomic E-state index is 4.34. The summed E-state index contributed by atoms with van der Waals surface area (Å²) in [4.78, 5) is 0. The molecule has 3 N–H and O–H groups in total. The predicted molar refractivity (Wildman–Crippen MR) is 166 cm³/mol. The Morgan fingerprint density at radius 3 is 1.34 bits per heavy atom. The second kappa shape index (κ2) is 12.2. The lowest BCUT2D eigenvalue weighted by Crippen LogP contribution is -2.45. The SMILES string of the molecule is CCC1C2CC3NC(CC4C(C)C(CC)C(CC5NC(CC(N2)C1C)C(CC)C5CC)N4P)C(C)C3CC. The third-order valence-corrected chi connectivity index (χ3v) is 14.2. The third kappa shape index (κ3) is 5.08. The van der Waals surface area contributed by atoms with Crippen LogP contribution in [0.15, 0.2) is 0 Å². The molecule has 17 unspecified atom stereocenters. The van der Waals surface area contributed by atoms with Crippen LogP contribution in [0.1, 0.15) is 113 Å². The Balaban J connectivity index is 1.49. The lowest BCUT2D eigenvalue weighted by molar-refractivity contribution is 0.233. The number of hydrogen-bond acceptors (Lipinski definition) is 4. The van der Waals surface area contributed by atoms with Gasteiger partial charge in [0.05, 0.1) is 0 Å². The largest absolute Gasteiger partial charge is 0.311 e. The van der Waals surface area contributed by atoms with Gasteiger partial charge in [0.25, 0.3) is 0 Å². The van der Waals surface area contributed by atoms with E-state index in [1.165, 1.54) is 57.8 Å². The van der Waals surface area contributed by atoms with Crippen molar-refractivity contribution >= 4 is 9.39 Å². The highest BCUT2D eigenvalue weighted by Gasteiger charge is 2.52. The van der Waals surface area contributed by atoms with Gasteiger partial charge >= 0.3 is 0 Å². The Bertz CT molecular complexity index is 778. The Kier molecular flexibility index (Phi) is 9.59. The minimum atomic E-state index is 0.654. The average Bonchev–Trinajstić information content (AvgIpc) is 3.56. The van der Waals surface area contributed by atoms with Crippen LogP contribution >= 0.6 is 9.39 Å². The topological polar surface area (TPSA) is 39.3 Å². The molecule has 17 atom stereocenters. The number of nitrogens with one attached hydrogen (secondary N) is 3. The van der Waals surface area contributed by atoms with E-state index >= 15 is 0 Å². The number of nitrogens with zero attached hydrogens (tertiary/aromatic N) is 1. The van der Waals surface area contributed by atoms with E-state index in [1.807, 2.05) is 0 Å². The number of hydrogen-bond donors (Lipinski definition) is 3. The molecule has 0 amide bonds. The summed E-state index contributed by atoms with van der Waals surface area (Å²) in [6.45, 7) is 20.0. The van der Waals surface area contributed by atoms with Gasteiger partial charge in [-0.05, 0) is 73.0 Å². The first-order valence-electron chi connectivity index (χ1n) is 17.1. The average molecular weight is 547 g/mol. The van der Waals surface area contributed by atoms with Crippen LogP contribution in [0.2, 0.25) is 0 Å². The first-order valence-corrected chi connectivity index (χ1v) is 17.6. The van der Waals surface area contributed by atoms with Crippen molar-refractivity contribution in [3.8, 4) is 0 Å². The highest BCUT2D eigenvalue weighted by atomic mass is 31.0. The molecular weight excluding hydrogens is 483 g/mol. The van der Waals surface area contributed by atoms with Gasteiger partial charge in [-0.2, -0.15) is 0 Å². The van der Waals surface area contributed by atoms with E-state index in [2.05, 4.69) is 85.4 Å². The van der Waals surface area contributed by atoms with Crippen molar-refractivity contribution < 1.29 is 0 Å². The Morgan fingerprint density at radius 1 is 0.474 bits per heavy atom. The summed E-state index contributed by atoms with van der Waals surface area (Å²) in [5.74, 6) is 6.40. The molecular formula is C33H63N4P. The van der Waals surface area contributed by atoms with Crippen LogP contribution in [0.5, 0.6) is 0 Å². The summed E-state index contributed by atoms with van der Waals surface area (Å²) in [5, 5.41) is 12.9. The van der Waals surface area contributed by atoms with Crippen molar-refractivity contribution in [3.63, 3.8) is 0 Å². The van der Waals surface area contributed by atoms with Crippen LogP contribution in [-0.4, -0.2) is 53.0 Å². The first kappa shape index (κ1) is 29.8. The van der Waals surface area contributed by atoms with E-state index in [1.54, 1.807) is 0 Å². The monoisotopic (exact) mass is 546 g/mol. The molecule has 5 saturated heterocycles. The molecule has 0 spiro atoms. The van der Waals surface area contributed by atoms with Gasteiger partial charge in [0, 0.05) is 48.3 Å². The van der Waals surface area contributed by atoms with E-state index in [4.69, 9.17) is 0 Å². The summed E-state index contributed by atoms with van der Waals surface area (Å²) in [5.41, 5.74) is 0. The lowest BCUT2D eigenvalue weighted by Gasteiger charge is -2.33. The van der Waals surface area contributed by atoms with Gasteiger partial charge in [0.1, 0.15) is 0 Å². The predicted octanol–water partition coefficient (Wildman–Crippen LogP) is 6.46. The maximum Gasteiger partial charge on any atom is 0.0179 e. The quantitative estimate of drug-likeness (QED) is 0.346. The molecule has 0 radical (unpaired) electrons. The number of fused-ring (bicyclic) bond motifs is 8. The summed E-state index contributed by atoms with van der Waals surface area (Å²) in [6.07, 6.45) is 11.9. The zero-order chi connectivity index (χ0) is 27.3. The van der Waals surface area contributed by atoms with Gasteiger partial charge in [-0.15, -0.1) is 0 Å². The molecule has 5 heterocycles. The summed E-state index contributed by atoms with van der Waals surface area (Å²) in [6, 6.07) is 5.35. The first-order chi connectivity index (χ1) is 18.3. The van der Waals surface area contributed by atoms with Crippen LogP contribution in [0.25, 0.3) is 0 Å². The summed E-state index contributed by atoms with van der Waals surface area (Å²) >= 11 is 0. The Hall–Kier alpha value is 0.270. The van der Waals surface area contributed by atoms with Gasteiger partial charge in [0.15, 0.2) is 0 Å². The van der Waals surface area contributed by atoms with E-state index in [0.717, 1.165) is 47.3 Å². The Morgan fingerprint density at radius 2 is 0.842 bits per heavy atom. The molecule has 0 aliphatic carbocycles. The molecule has 4 nitrogen and oxygen atoms in total. The van der Waals surface area contributed by atoms with Crippen molar-refractivity contribution in [3.05, 3.63) is 0 Å². The fraction of sp³-hybridized carbons (Fsp3) is 1.00. The lowest BCUT2D eigenvalue weighted by atomic mass is 9.76. The minimum Gasteiger partial charge on any atom is -0.311 e. The maximum absolute atomic E-state index is 4.34. The molecule has 0 saturated carbocycles. The van der Waals surface area contributed by atoms with Crippen LogP contribution < -0.4 is 16.0 Å². The molecule has 5 aliphatic rings. The molecule has 0 aromatic heterocycles.